The molecular weight excluding hydrogens is 321 g/mol. The van der Waals surface area contributed by atoms with Crippen LogP contribution in [0.4, 0.5) is 0 Å². The van der Waals surface area contributed by atoms with E-state index in [2.05, 4.69) is 5.10 Å². The number of nitrogens with zero attached hydrogens (tertiary/aromatic N) is 3. The molecule has 0 unspecified atom stereocenters. The Labute approximate surface area is 139 Å². The Morgan fingerprint density at radius 2 is 2.09 bits per heavy atom. The first-order valence-electron chi connectivity index (χ1n) is 7.30. The van der Waals surface area contributed by atoms with Crippen molar-refractivity contribution in [3.8, 4) is 0 Å². The summed E-state index contributed by atoms with van der Waals surface area (Å²) in [6.07, 6.45) is 4.70. The summed E-state index contributed by atoms with van der Waals surface area (Å²) in [6, 6.07) is 7.67. The highest BCUT2D eigenvalue weighted by atomic mass is 35.5. The molecule has 0 bridgehead atoms. The van der Waals surface area contributed by atoms with Crippen LogP contribution in [0.15, 0.2) is 36.7 Å². The van der Waals surface area contributed by atoms with Crippen LogP contribution in [-0.4, -0.2) is 33.7 Å². The number of aromatic nitrogens is 2. The van der Waals surface area contributed by atoms with E-state index in [1.807, 2.05) is 40.0 Å². The molecule has 0 radical (unpaired) electrons. The molecule has 2 aromatic rings. The first kappa shape index (κ1) is 15.4. The van der Waals surface area contributed by atoms with E-state index in [4.69, 9.17) is 23.2 Å². The third kappa shape index (κ3) is 3.81. The number of aryl methyl sites for hydroxylation is 1. The van der Waals surface area contributed by atoms with Crippen LogP contribution in [0.3, 0.4) is 0 Å². The molecule has 0 saturated carbocycles. The van der Waals surface area contributed by atoms with Gasteiger partial charge in [-0.3, -0.25) is 9.48 Å². The average Bonchev–Trinajstić information content (AvgIpc) is 2.85. The van der Waals surface area contributed by atoms with Gasteiger partial charge in [-0.25, -0.2) is 0 Å². The van der Waals surface area contributed by atoms with Crippen molar-refractivity contribution in [3.63, 3.8) is 0 Å². The zero-order valence-corrected chi connectivity index (χ0v) is 13.6. The van der Waals surface area contributed by atoms with Crippen LogP contribution >= 0.6 is 23.2 Å². The molecule has 0 spiro atoms. The maximum absolute atomic E-state index is 12.1. The summed E-state index contributed by atoms with van der Waals surface area (Å²) in [6.45, 7) is 2.41. The fraction of sp³-hybridized carbons (Fsp3) is 0.375. The zero-order chi connectivity index (χ0) is 15.5. The Bertz CT molecular complexity index is 665. The predicted molar refractivity (Wildman–Crippen MR) is 87.1 cm³/mol. The maximum Gasteiger partial charge on any atom is 0.222 e. The number of halogens is 2. The zero-order valence-electron chi connectivity index (χ0n) is 12.1. The third-order valence-electron chi connectivity index (χ3n) is 3.87. The van der Waals surface area contributed by atoms with Crippen LogP contribution in [-0.2, 0) is 17.8 Å². The van der Waals surface area contributed by atoms with E-state index in [-0.39, 0.29) is 5.91 Å². The summed E-state index contributed by atoms with van der Waals surface area (Å²) in [4.78, 5) is 14.0. The fourth-order valence-corrected chi connectivity index (χ4v) is 3.06. The summed E-state index contributed by atoms with van der Waals surface area (Å²) in [5.41, 5.74) is 1.10. The number of carbonyl (C=O) groups excluding carboxylic acids is 1. The van der Waals surface area contributed by atoms with Gasteiger partial charge in [0, 0.05) is 43.2 Å². The number of carbonyl (C=O) groups is 1. The quantitative estimate of drug-likeness (QED) is 0.839. The SMILES string of the molecule is O=C(CCc1cccc(Cl)c1)N1CC(Cn2cc(Cl)cn2)C1. The lowest BCUT2D eigenvalue weighted by atomic mass is 9.99. The number of hydrogen-bond acceptors (Lipinski definition) is 2. The van der Waals surface area contributed by atoms with Gasteiger partial charge in [0.2, 0.25) is 5.91 Å². The Hall–Kier alpha value is -1.52. The second-order valence-electron chi connectivity index (χ2n) is 5.68. The van der Waals surface area contributed by atoms with Gasteiger partial charge >= 0.3 is 0 Å². The van der Waals surface area contributed by atoms with Crippen molar-refractivity contribution in [3.05, 3.63) is 52.3 Å². The van der Waals surface area contributed by atoms with Crippen molar-refractivity contribution >= 4 is 29.1 Å². The monoisotopic (exact) mass is 337 g/mol. The number of rotatable bonds is 5. The Morgan fingerprint density at radius 1 is 1.27 bits per heavy atom. The molecule has 116 valence electrons. The molecule has 0 aliphatic carbocycles. The summed E-state index contributed by atoms with van der Waals surface area (Å²) in [5.74, 6) is 0.667. The Morgan fingerprint density at radius 3 is 2.77 bits per heavy atom. The third-order valence-corrected chi connectivity index (χ3v) is 4.30. The van der Waals surface area contributed by atoms with E-state index < -0.39 is 0 Å². The van der Waals surface area contributed by atoms with Crippen molar-refractivity contribution in [1.82, 2.24) is 14.7 Å². The van der Waals surface area contributed by atoms with Crippen LogP contribution in [0, 0.1) is 5.92 Å². The highest BCUT2D eigenvalue weighted by Crippen LogP contribution is 2.20. The van der Waals surface area contributed by atoms with E-state index in [1.165, 1.54) is 0 Å². The van der Waals surface area contributed by atoms with Gasteiger partial charge in [0.05, 0.1) is 11.2 Å². The molecule has 1 aliphatic rings. The van der Waals surface area contributed by atoms with Gasteiger partial charge in [0.15, 0.2) is 0 Å². The maximum atomic E-state index is 12.1. The molecule has 1 aliphatic heterocycles. The van der Waals surface area contributed by atoms with Gasteiger partial charge in [0.25, 0.3) is 0 Å². The average molecular weight is 338 g/mol. The first-order valence-corrected chi connectivity index (χ1v) is 8.06. The highest BCUT2D eigenvalue weighted by Gasteiger charge is 2.30. The fourth-order valence-electron chi connectivity index (χ4n) is 2.69. The molecule has 0 N–H and O–H groups in total. The van der Waals surface area contributed by atoms with Crippen molar-refractivity contribution < 1.29 is 4.79 Å². The predicted octanol–water partition coefficient (Wildman–Crippen LogP) is 3.28. The highest BCUT2D eigenvalue weighted by molar-refractivity contribution is 6.30. The number of amides is 1. The normalized spacial score (nSPS) is 14.9. The van der Waals surface area contributed by atoms with Crippen molar-refractivity contribution in [2.24, 2.45) is 5.92 Å². The molecule has 3 rings (SSSR count). The Kier molecular flexibility index (Phi) is 4.69. The number of benzene rings is 1. The minimum absolute atomic E-state index is 0.203. The van der Waals surface area contributed by atoms with Gasteiger partial charge in [-0.2, -0.15) is 5.10 Å². The van der Waals surface area contributed by atoms with Crippen LogP contribution in [0.2, 0.25) is 10.0 Å². The topological polar surface area (TPSA) is 38.1 Å². The minimum atomic E-state index is 0.203. The lowest BCUT2D eigenvalue weighted by Gasteiger charge is -2.39. The molecule has 4 nitrogen and oxygen atoms in total. The summed E-state index contributed by atoms with van der Waals surface area (Å²) in [7, 11) is 0. The van der Waals surface area contributed by atoms with E-state index in [9.17, 15) is 4.79 Å². The minimum Gasteiger partial charge on any atom is -0.342 e. The van der Waals surface area contributed by atoms with E-state index in [0.29, 0.717) is 22.4 Å². The standard InChI is InChI=1S/C16H17Cl2N3O/c17-14-3-1-2-12(6-14)4-5-16(22)20-8-13(9-20)10-21-11-15(18)7-19-21/h1-3,6-7,11,13H,4-5,8-10H2. The van der Waals surface area contributed by atoms with E-state index in [1.54, 1.807) is 6.20 Å². The molecule has 1 fully saturated rings. The summed E-state index contributed by atoms with van der Waals surface area (Å²) >= 11 is 11.8. The van der Waals surface area contributed by atoms with Gasteiger partial charge < -0.3 is 4.90 Å². The van der Waals surface area contributed by atoms with Crippen LogP contribution in [0.25, 0.3) is 0 Å². The van der Waals surface area contributed by atoms with Crippen LogP contribution in [0.1, 0.15) is 12.0 Å². The van der Waals surface area contributed by atoms with Gasteiger partial charge in [0.1, 0.15) is 0 Å². The van der Waals surface area contributed by atoms with Crippen LogP contribution in [0.5, 0.6) is 0 Å². The van der Waals surface area contributed by atoms with E-state index in [0.717, 1.165) is 31.6 Å². The van der Waals surface area contributed by atoms with E-state index >= 15 is 0 Å². The second kappa shape index (κ2) is 6.71. The van der Waals surface area contributed by atoms with Crippen LogP contribution < -0.4 is 0 Å². The Balaban J connectivity index is 1.41. The summed E-state index contributed by atoms with van der Waals surface area (Å²) in [5, 5.41) is 5.52. The lowest BCUT2D eigenvalue weighted by molar-refractivity contribution is -0.137. The molecular formula is C16H17Cl2N3O. The van der Waals surface area contributed by atoms with Gasteiger partial charge in [-0.05, 0) is 24.1 Å². The van der Waals surface area contributed by atoms with Gasteiger partial charge in [-0.15, -0.1) is 0 Å². The number of likely N-dealkylation sites (tertiary alicyclic amines) is 1. The van der Waals surface area contributed by atoms with Crippen molar-refractivity contribution in [1.29, 1.82) is 0 Å². The first-order chi connectivity index (χ1) is 10.6. The van der Waals surface area contributed by atoms with Crippen molar-refractivity contribution in [2.45, 2.75) is 19.4 Å². The summed E-state index contributed by atoms with van der Waals surface area (Å²) < 4.78 is 1.83. The molecule has 2 heterocycles. The number of hydrogen-bond donors (Lipinski definition) is 0. The molecule has 1 aromatic heterocycles. The molecule has 1 saturated heterocycles. The molecule has 22 heavy (non-hydrogen) atoms. The molecule has 0 atom stereocenters. The van der Waals surface area contributed by atoms with Crippen molar-refractivity contribution in [2.75, 3.05) is 13.1 Å². The molecule has 1 amide bonds. The lowest BCUT2D eigenvalue weighted by Crippen LogP contribution is -2.51. The molecule has 6 heteroatoms. The largest absolute Gasteiger partial charge is 0.342 e. The molecule has 1 aromatic carbocycles. The second-order valence-corrected chi connectivity index (χ2v) is 6.55. The smallest absolute Gasteiger partial charge is 0.222 e. The van der Waals surface area contributed by atoms with Gasteiger partial charge in [-0.1, -0.05) is 35.3 Å².